The molecule has 1 fully saturated rings. The number of hydrogen-bond acceptors (Lipinski definition) is 6. The van der Waals surface area contributed by atoms with Gasteiger partial charge in [0.2, 0.25) is 0 Å². The molecule has 3 rings (SSSR count). The van der Waals surface area contributed by atoms with Crippen LogP contribution in [-0.4, -0.2) is 37.3 Å². The Hall–Kier alpha value is -2.11. The zero-order chi connectivity index (χ0) is 20.1. The Labute approximate surface area is 174 Å². The third kappa shape index (κ3) is 5.94. The van der Waals surface area contributed by atoms with Crippen molar-refractivity contribution in [3.05, 3.63) is 29.3 Å². The van der Waals surface area contributed by atoms with E-state index in [1.54, 1.807) is 6.07 Å². The van der Waals surface area contributed by atoms with Crippen molar-refractivity contribution in [2.75, 3.05) is 5.32 Å². The van der Waals surface area contributed by atoms with Crippen molar-refractivity contribution in [1.82, 2.24) is 20.7 Å². The summed E-state index contributed by atoms with van der Waals surface area (Å²) in [4.78, 5) is 23.7. The molecule has 0 aliphatic heterocycles. The van der Waals surface area contributed by atoms with Crippen molar-refractivity contribution < 1.29 is 38.8 Å². The van der Waals surface area contributed by atoms with Gasteiger partial charge in [-0.3, -0.25) is 0 Å². The second kappa shape index (κ2) is 9.39. The molecule has 2 aromatic rings. The van der Waals surface area contributed by atoms with Crippen LogP contribution in [0.5, 0.6) is 0 Å². The summed E-state index contributed by atoms with van der Waals surface area (Å²) in [5.41, 5.74) is 1.75. The SMILES string of the molecule is Cc1cc(CC(=O)Nc2cc([C@H]3CCC([I-]OC(=O)NC(C)C)C3)[nH]n2)on1. The predicted octanol–water partition coefficient (Wildman–Crippen LogP) is -0.338. The van der Waals surface area contributed by atoms with E-state index in [-0.39, 0.29) is 24.5 Å². The number of anilines is 1. The molecule has 2 amide bonds. The van der Waals surface area contributed by atoms with Crippen LogP contribution in [0.15, 0.2) is 16.7 Å². The summed E-state index contributed by atoms with van der Waals surface area (Å²) in [5.74, 6) is 1.17. The van der Waals surface area contributed by atoms with Crippen LogP contribution in [0.2, 0.25) is 0 Å². The molecule has 1 aliphatic rings. The van der Waals surface area contributed by atoms with Gasteiger partial charge >= 0.3 is 167 Å². The number of aryl methyl sites for hydroxylation is 1. The van der Waals surface area contributed by atoms with E-state index in [4.69, 9.17) is 7.59 Å². The van der Waals surface area contributed by atoms with Crippen molar-refractivity contribution in [2.24, 2.45) is 0 Å². The Kier molecular flexibility index (Phi) is 6.92. The quantitative estimate of drug-likeness (QED) is 0.352. The maximum atomic E-state index is 12.1. The number of nitrogens with one attached hydrogen (secondary N) is 3. The number of aromatic amines is 1. The molecule has 1 unspecified atom stereocenters. The van der Waals surface area contributed by atoms with Gasteiger partial charge < -0.3 is 0 Å². The van der Waals surface area contributed by atoms with E-state index in [2.05, 4.69) is 26.0 Å². The van der Waals surface area contributed by atoms with E-state index in [1.807, 2.05) is 26.8 Å². The molecule has 0 bridgehead atoms. The zero-order valence-electron chi connectivity index (χ0n) is 16.1. The zero-order valence-corrected chi connectivity index (χ0v) is 18.3. The van der Waals surface area contributed by atoms with Gasteiger partial charge in [0.05, 0.1) is 0 Å². The summed E-state index contributed by atoms with van der Waals surface area (Å²) < 4.78 is 10.9. The summed E-state index contributed by atoms with van der Waals surface area (Å²) in [6, 6.07) is 3.70. The topological polar surface area (TPSA) is 122 Å². The number of rotatable bonds is 7. The van der Waals surface area contributed by atoms with E-state index in [0.717, 1.165) is 30.7 Å². The molecule has 3 N–H and O–H groups in total. The van der Waals surface area contributed by atoms with Gasteiger partial charge in [-0.05, 0) is 6.92 Å². The molecule has 2 atom stereocenters. The summed E-state index contributed by atoms with van der Waals surface area (Å²) in [6.07, 6.45) is 2.83. The van der Waals surface area contributed by atoms with E-state index in [9.17, 15) is 9.59 Å². The van der Waals surface area contributed by atoms with Crippen LogP contribution in [0, 0.1) is 6.92 Å². The monoisotopic (exact) mass is 502 g/mol. The van der Waals surface area contributed by atoms with E-state index < -0.39 is 21.6 Å². The van der Waals surface area contributed by atoms with Crippen LogP contribution in [0.1, 0.15) is 56.2 Å². The van der Waals surface area contributed by atoms with Crippen molar-refractivity contribution >= 4 is 17.8 Å². The van der Waals surface area contributed by atoms with Crippen LogP contribution < -0.4 is 32.3 Å². The molecule has 0 radical (unpaired) electrons. The number of carbonyl (C=O) groups excluding carboxylic acids is 2. The van der Waals surface area contributed by atoms with Crippen LogP contribution >= 0.6 is 0 Å². The molecule has 2 heterocycles. The molecule has 154 valence electrons. The molecule has 10 heteroatoms. The number of hydrogen-bond donors (Lipinski definition) is 3. The normalized spacial score (nSPS) is 19.1. The number of nitrogens with zero attached hydrogens (tertiary/aromatic N) is 2. The maximum absolute atomic E-state index is 12.1. The Bertz CT molecular complexity index is 819. The Morgan fingerprint density at radius 3 is 2.93 bits per heavy atom. The van der Waals surface area contributed by atoms with Gasteiger partial charge in [0.1, 0.15) is 0 Å². The van der Waals surface area contributed by atoms with Crippen LogP contribution in [0.4, 0.5) is 10.6 Å². The molecular formula is C18H25IN5O4-. The van der Waals surface area contributed by atoms with Crippen molar-refractivity contribution in [3.63, 3.8) is 0 Å². The first-order valence-electron chi connectivity index (χ1n) is 9.27. The second-order valence-corrected chi connectivity index (χ2v) is 9.94. The Morgan fingerprint density at radius 1 is 1.39 bits per heavy atom. The first-order chi connectivity index (χ1) is 13.4. The number of alkyl halides is 1. The number of carbonyl (C=O) groups is 2. The number of aromatic nitrogens is 3. The third-order valence-corrected chi connectivity index (χ3v) is 6.84. The second-order valence-electron chi connectivity index (χ2n) is 7.23. The van der Waals surface area contributed by atoms with Crippen molar-refractivity contribution in [1.29, 1.82) is 0 Å². The first kappa shape index (κ1) is 20.6. The Morgan fingerprint density at radius 2 is 2.21 bits per heavy atom. The fourth-order valence-corrected chi connectivity index (χ4v) is 5.26. The average Bonchev–Trinajstić information content (AvgIpc) is 3.33. The molecular weight excluding hydrogens is 477 g/mol. The number of halogens is 1. The predicted molar refractivity (Wildman–Crippen MR) is 97.3 cm³/mol. The average molecular weight is 502 g/mol. The Balaban J connectivity index is 1.45. The van der Waals surface area contributed by atoms with Crippen LogP contribution in [-0.2, 0) is 14.3 Å². The number of amides is 2. The minimum absolute atomic E-state index is 0.0829. The third-order valence-electron chi connectivity index (χ3n) is 4.33. The molecule has 1 saturated carbocycles. The molecule has 2 aromatic heterocycles. The van der Waals surface area contributed by atoms with Crippen LogP contribution in [0.3, 0.4) is 0 Å². The van der Waals surface area contributed by atoms with E-state index >= 15 is 0 Å². The van der Waals surface area contributed by atoms with Gasteiger partial charge in [0, 0.05) is 0 Å². The van der Waals surface area contributed by atoms with Gasteiger partial charge in [-0.25, -0.2) is 0 Å². The van der Waals surface area contributed by atoms with Gasteiger partial charge in [0.15, 0.2) is 0 Å². The van der Waals surface area contributed by atoms with Gasteiger partial charge in [-0.2, -0.15) is 0 Å². The van der Waals surface area contributed by atoms with Gasteiger partial charge in [-0.1, -0.05) is 0 Å². The summed E-state index contributed by atoms with van der Waals surface area (Å²) in [5, 5.41) is 16.5. The summed E-state index contributed by atoms with van der Waals surface area (Å²) in [7, 11) is 0. The molecule has 0 spiro atoms. The summed E-state index contributed by atoms with van der Waals surface area (Å²) in [6.45, 7) is 5.63. The van der Waals surface area contributed by atoms with Crippen molar-refractivity contribution in [3.8, 4) is 0 Å². The summed E-state index contributed by atoms with van der Waals surface area (Å²) >= 11 is -0.637. The molecule has 0 saturated heterocycles. The molecule has 1 aliphatic carbocycles. The standard InChI is InChI=1S/C18H25IN5O4/c1-10(2)20-18(26)27-19-13-5-4-12(7-13)15-9-16(23-22-15)21-17(25)8-14-6-11(3)24-28-14/h6,9-10,12-13H,4-5,7-8H2,1-3H3,(H,20,26)(H2,21,22,23,25)/q-1/t12-,13?/m0/s1. The van der Waals surface area contributed by atoms with Gasteiger partial charge in [0.25, 0.3) is 0 Å². The number of H-pyrrole nitrogens is 1. The fourth-order valence-electron chi connectivity index (χ4n) is 3.11. The van der Waals surface area contributed by atoms with Crippen LogP contribution in [0.25, 0.3) is 0 Å². The molecule has 9 nitrogen and oxygen atoms in total. The van der Waals surface area contributed by atoms with Gasteiger partial charge in [-0.15, -0.1) is 0 Å². The minimum atomic E-state index is -0.637. The fraction of sp³-hybridized carbons (Fsp3) is 0.556. The van der Waals surface area contributed by atoms with Crippen molar-refractivity contribution in [2.45, 2.75) is 62.3 Å². The molecule has 0 aromatic carbocycles. The van der Waals surface area contributed by atoms with E-state index in [0.29, 0.717) is 21.4 Å². The van der Waals surface area contributed by atoms with E-state index in [1.165, 1.54) is 0 Å². The molecule has 28 heavy (non-hydrogen) atoms. The first-order valence-corrected chi connectivity index (χ1v) is 11.4.